The lowest BCUT2D eigenvalue weighted by atomic mass is 10.4. The highest BCUT2D eigenvalue weighted by molar-refractivity contribution is 5.69. The van der Waals surface area contributed by atoms with Gasteiger partial charge in [0.2, 0.25) is 0 Å². The first-order chi connectivity index (χ1) is 10.2. The third-order valence-electron chi connectivity index (χ3n) is 3.21. The van der Waals surface area contributed by atoms with E-state index in [0.717, 1.165) is 0 Å². The molecular weight excluding hydrogens is 282 g/mol. The molecule has 9 heteroatoms. The van der Waals surface area contributed by atoms with E-state index in [-0.39, 0.29) is 20.0 Å². The van der Waals surface area contributed by atoms with E-state index in [4.69, 9.17) is 14.6 Å². The fourth-order valence-corrected chi connectivity index (χ4v) is 2.06. The molecule has 0 aliphatic carbocycles. The Morgan fingerprint density at radius 3 is 1.57 bits per heavy atom. The van der Waals surface area contributed by atoms with Crippen LogP contribution in [-0.4, -0.2) is 98.0 Å². The van der Waals surface area contributed by atoms with Crippen LogP contribution in [0.4, 0.5) is 0 Å². The molecule has 1 fully saturated rings. The molecule has 1 aliphatic heterocycles. The largest absolute Gasteiger partial charge is 0.480 e. The van der Waals surface area contributed by atoms with Crippen molar-refractivity contribution in [2.75, 3.05) is 59.3 Å². The van der Waals surface area contributed by atoms with E-state index in [1.54, 1.807) is 4.90 Å². The van der Waals surface area contributed by atoms with E-state index >= 15 is 0 Å². The lowest BCUT2D eigenvalue weighted by Crippen LogP contribution is -2.39. The predicted octanol–water partition coefficient (Wildman–Crippen LogP) is -1.75. The van der Waals surface area contributed by atoms with Gasteiger partial charge in [0.15, 0.2) is 0 Å². The summed E-state index contributed by atoms with van der Waals surface area (Å²) in [6.45, 7) is 4.64. The van der Waals surface area contributed by atoms with Crippen LogP contribution >= 0.6 is 0 Å². The quantitative estimate of drug-likeness (QED) is 0.523. The Balaban J connectivity index is 2.59. The number of rotatable bonds is 8. The molecule has 0 radical (unpaired) electrons. The molecule has 21 heavy (non-hydrogen) atoms. The van der Waals surface area contributed by atoms with E-state index in [2.05, 4.69) is 0 Å². The Morgan fingerprint density at radius 2 is 1.24 bits per heavy atom. The second-order valence-electron chi connectivity index (χ2n) is 4.69. The highest BCUT2D eigenvalue weighted by atomic mass is 16.5. The van der Waals surface area contributed by atoms with Crippen molar-refractivity contribution in [1.82, 2.24) is 14.7 Å². The van der Waals surface area contributed by atoms with Gasteiger partial charge in [0.1, 0.15) is 13.5 Å². The Hall–Kier alpha value is -1.71. The monoisotopic (exact) mass is 303 g/mol. The maximum Gasteiger partial charge on any atom is 0.317 e. The van der Waals surface area contributed by atoms with Gasteiger partial charge in [0.25, 0.3) is 12.9 Å². The summed E-state index contributed by atoms with van der Waals surface area (Å²) in [5.74, 6) is -0.888. The van der Waals surface area contributed by atoms with Crippen molar-refractivity contribution in [3.8, 4) is 0 Å². The molecule has 0 spiro atoms. The molecule has 0 saturated carbocycles. The summed E-state index contributed by atoms with van der Waals surface area (Å²) in [6.07, 6.45) is 0. The molecular formula is C12H21N3O6. The first kappa shape index (κ1) is 17.3. The van der Waals surface area contributed by atoms with Crippen LogP contribution < -0.4 is 0 Å². The van der Waals surface area contributed by atoms with Gasteiger partial charge in [-0.3, -0.25) is 29.1 Å². The summed E-state index contributed by atoms with van der Waals surface area (Å²) in [6, 6.07) is 0. The zero-order chi connectivity index (χ0) is 15.5. The van der Waals surface area contributed by atoms with E-state index < -0.39 is 5.97 Å². The number of hydrogen-bond donors (Lipinski definition) is 1. The lowest BCUT2D eigenvalue weighted by Gasteiger charge is -2.23. The molecule has 0 aromatic heterocycles. The average molecular weight is 303 g/mol. The van der Waals surface area contributed by atoms with Crippen LogP contribution in [0.15, 0.2) is 0 Å². The SMILES string of the molecule is O=COCN1CCN(COC=O)CCN(CC(=O)O)CC1. The molecule has 120 valence electrons. The highest BCUT2D eigenvalue weighted by Crippen LogP contribution is 2.01. The molecule has 0 aromatic rings. The molecule has 1 heterocycles. The summed E-state index contributed by atoms with van der Waals surface area (Å²) in [7, 11) is 0. The van der Waals surface area contributed by atoms with Crippen molar-refractivity contribution < 1.29 is 29.0 Å². The maximum absolute atomic E-state index is 10.8. The minimum Gasteiger partial charge on any atom is -0.480 e. The number of carbonyl (C=O) groups excluding carboxylic acids is 2. The minimum absolute atomic E-state index is 0.0508. The van der Waals surface area contributed by atoms with Gasteiger partial charge >= 0.3 is 5.97 Å². The number of aliphatic carboxylic acids is 1. The van der Waals surface area contributed by atoms with Crippen LogP contribution in [0.2, 0.25) is 0 Å². The first-order valence-electron chi connectivity index (χ1n) is 6.65. The Labute approximate surface area is 123 Å². The number of nitrogens with zero attached hydrogens (tertiary/aromatic N) is 3. The topological polar surface area (TPSA) is 99.6 Å². The number of hydrogen-bond acceptors (Lipinski definition) is 8. The molecule has 0 bridgehead atoms. The van der Waals surface area contributed by atoms with Crippen molar-refractivity contribution in [3.05, 3.63) is 0 Å². The fourth-order valence-electron chi connectivity index (χ4n) is 2.06. The van der Waals surface area contributed by atoms with Gasteiger partial charge in [0, 0.05) is 39.3 Å². The van der Waals surface area contributed by atoms with Crippen LogP contribution in [0.1, 0.15) is 0 Å². The first-order valence-corrected chi connectivity index (χ1v) is 6.65. The summed E-state index contributed by atoms with van der Waals surface area (Å²) in [4.78, 5) is 37.0. The summed E-state index contributed by atoms with van der Waals surface area (Å²) in [5, 5.41) is 8.90. The van der Waals surface area contributed by atoms with Gasteiger partial charge in [0.05, 0.1) is 6.54 Å². The zero-order valence-corrected chi connectivity index (χ0v) is 11.8. The predicted molar refractivity (Wildman–Crippen MR) is 71.3 cm³/mol. The number of carboxylic acid groups (broad SMARTS) is 1. The van der Waals surface area contributed by atoms with Gasteiger partial charge in [-0.25, -0.2) is 0 Å². The number of carbonyl (C=O) groups is 3. The molecule has 1 saturated heterocycles. The molecule has 1 N–H and O–H groups in total. The smallest absolute Gasteiger partial charge is 0.317 e. The van der Waals surface area contributed by atoms with Crippen molar-refractivity contribution in [3.63, 3.8) is 0 Å². The van der Waals surface area contributed by atoms with Crippen molar-refractivity contribution in [1.29, 1.82) is 0 Å². The highest BCUT2D eigenvalue weighted by Gasteiger charge is 2.18. The summed E-state index contributed by atoms with van der Waals surface area (Å²) >= 11 is 0. The Morgan fingerprint density at radius 1 is 0.857 bits per heavy atom. The van der Waals surface area contributed by atoms with E-state index in [0.29, 0.717) is 52.2 Å². The second-order valence-corrected chi connectivity index (χ2v) is 4.69. The van der Waals surface area contributed by atoms with Crippen LogP contribution in [-0.2, 0) is 23.9 Å². The number of carboxylic acids is 1. The summed E-state index contributed by atoms with van der Waals surface area (Å²) < 4.78 is 9.49. The van der Waals surface area contributed by atoms with Gasteiger partial charge in [-0.1, -0.05) is 0 Å². The molecule has 0 unspecified atom stereocenters. The molecule has 0 atom stereocenters. The maximum atomic E-state index is 10.8. The van der Waals surface area contributed by atoms with Crippen molar-refractivity contribution in [2.24, 2.45) is 0 Å². The zero-order valence-electron chi connectivity index (χ0n) is 11.8. The van der Waals surface area contributed by atoms with Gasteiger partial charge in [-0.2, -0.15) is 0 Å². The van der Waals surface area contributed by atoms with E-state index in [1.807, 2.05) is 9.80 Å². The number of ether oxygens (including phenoxy) is 2. The van der Waals surface area contributed by atoms with E-state index in [9.17, 15) is 14.4 Å². The minimum atomic E-state index is -0.888. The normalized spacial score (nSPS) is 19.0. The standard InChI is InChI=1S/C12H21N3O6/c16-10-20-8-14-3-1-13(7-12(18)19)2-4-15(6-5-14)9-21-11-17/h10-11H,1-9H2,(H,18,19). The van der Waals surface area contributed by atoms with Gasteiger partial charge < -0.3 is 14.6 Å². The van der Waals surface area contributed by atoms with Crippen molar-refractivity contribution in [2.45, 2.75) is 0 Å². The van der Waals surface area contributed by atoms with Crippen LogP contribution in [0.5, 0.6) is 0 Å². The van der Waals surface area contributed by atoms with Crippen LogP contribution in [0.3, 0.4) is 0 Å². The van der Waals surface area contributed by atoms with E-state index in [1.165, 1.54) is 0 Å². The molecule has 0 aromatic carbocycles. The average Bonchev–Trinajstić information content (AvgIpc) is 2.54. The molecule has 0 amide bonds. The summed E-state index contributed by atoms with van der Waals surface area (Å²) in [5.41, 5.74) is 0. The lowest BCUT2D eigenvalue weighted by molar-refractivity contribution is -0.138. The Kier molecular flexibility index (Phi) is 8.32. The molecule has 1 aliphatic rings. The molecule has 9 nitrogen and oxygen atoms in total. The van der Waals surface area contributed by atoms with Crippen LogP contribution in [0, 0.1) is 0 Å². The fraction of sp³-hybridized carbons (Fsp3) is 0.750. The van der Waals surface area contributed by atoms with Gasteiger partial charge in [-0.15, -0.1) is 0 Å². The second kappa shape index (κ2) is 10.1. The third-order valence-corrected chi connectivity index (χ3v) is 3.21. The van der Waals surface area contributed by atoms with Crippen molar-refractivity contribution >= 4 is 18.9 Å². The molecule has 1 rings (SSSR count). The third kappa shape index (κ3) is 7.59. The Bertz CT molecular complexity index is 317. The van der Waals surface area contributed by atoms with Gasteiger partial charge in [-0.05, 0) is 0 Å². The van der Waals surface area contributed by atoms with Crippen LogP contribution in [0.25, 0.3) is 0 Å².